The third-order valence-corrected chi connectivity index (χ3v) is 5.23. The van der Waals surface area contributed by atoms with Crippen LogP contribution in [-0.4, -0.2) is 29.2 Å². The van der Waals surface area contributed by atoms with Gasteiger partial charge in [-0.3, -0.25) is 10.1 Å². The Morgan fingerprint density at radius 1 is 1.21 bits per heavy atom. The van der Waals surface area contributed by atoms with E-state index in [4.69, 9.17) is 9.47 Å². The van der Waals surface area contributed by atoms with Crippen LogP contribution in [0.5, 0.6) is 11.5 Å². The van der Waals surface area contributed by atoms with Crippen molar-refractivity contribution in [3.63, 3.8) is 0 Å². The third-order valence-electron chi connectivity index (χ3n) is 4.48. The summed E-state index contributed by atoms with van der Waals surface area (Å²) in [6.45, 7) is 7.30. The van der Waals surface area contributed by atoms with E-state index < -0.39 is 0 Å². The maximum atomic E-state index is 12.2. The molecule has 1 aromatic carbocycles. The number of carbonyl (C=O) groups excluding carboxylic acids is 1. The topological polar surface area (TPSA) is 65.4 Å². The smallest absolute Gasteiger partial charge is 0.264 e. The lowest BCUT2D eigenvalue weighted by molar-refractivity contribution is -0.118. The fraction of sp³-hybridized carbons (Fsp3) is 0.333. The number of benzene rings is 1. The highest BCUT2D eigenvalue weighted by molar-refractivity contribution is 7.14. The van der Waals surface area contributed by atoms with E-state index in [1.165, 1.54) is 22.7 Å². The van der Waals surface area contributed by atoms with E-state index in [0.29, 0.717) is 10.9 Å². The summed E-state index contributed by atoms with van der Waals surface area (Å²) in [5.74, 6) is 1.11. The first kappa shape index (κ1) is 19.9. The van der Waals surface area contributed by atoms with E-state index in [2.05, 4.69) is 41.7 Å². The zero-order chi connectivity index (χ0) is 20.1. The summed E-state index contributed by atoms with van der Waals surface area (Å²) in [5, 5.41) is 5.34. The Morgan fingerprint density at radius 2 is 1.93 bits per heavy atom. The Bertz CT molecular complexity index is 944. The quantitative estimate of drug-likeness (QED) is 0.598. The van der Waals surface area contributed by atoms with Gasteiger partial charge in [0.25, 0.3) is 5.91 Å². The number of hydrogen-bond acceptors (Lipinski definition) is 5. The second kappa shape index (κ2) is 8.93. The van der Waals surface area contributed by atoms with E-state index in [0.717, 1.165) is 30.0 Å². The molecule has 148 valence electrons. The molecule has 2 heterocycles. The van der Waals surface area contributed by atoms with Gasteiger partial charge in [0.1, 0.15) is 11.5 Å². The SMILES string of the molecule is CCCn1c(C)cc(-c2csc(NC(=O)COc3ccc(OC)cc3)n2)c1C. The maximum Gasteiger partial charge on any atom is 0.264 e. The lowest BCUT2D eigenvalue weighted by Gasteiger charge is -2.07. The molecule has 7 heteroatoms. The van der Waals surface area contributed by atoms with Crippen molar-refractivity contribution >= 4 is 22.4 Å². The molecule has 0 spiro atoms. The molecule has 3 rings (SSSR count). The Labute approximate surface area is 169 Å². The second-order valence-electron chi connectivity index (χ2n) is 6.49. The Kier molecular flexibility index (Phi) is 6.36. The van der Waals surface area contributed by atoms with E-state index in [1.54, 1.807) is 31.4 Å². The molecule has 0 saturated heterocycles. The number of thiazole rings is 1. The molecule has 2 aromatic heterocycles. The number of carbonyl (C=O) groups is 1. The van der Waals surface area contributed by atoms with Gasteiger partial charge in [0.05, 0.1) is 12.8 Å². The lowest BCUT2D eigenvalue weighted by atomic mass is 10.2. The van der Waals surface area contributed by atoms with E-state index in [9.17, 15) is 4.79 Å². The molecular formula is C21H25N3O3S. The first-order chi connectivity index (χ1) is 13.5. The van der Waals surface area contributed by atoms with Crippen molar-refractivity contribution in [3.05, 3.63) is 47.1 Å². The standard InChI is InChI=1S/C21H25N3O3S/c1-5-10-24-14(2)11-18(15(24)3)19-13-28-21(22-19)23-20(25)12-27-17-8-6-16(26-4)7-9-17/h6-9,11,13H,5,10,12H2,1-4H3,(H,22,23,25). The van der Waals surface area contributed by atoms with Crippen LogP contribution in [0.25, 0.3) is 11.3 Å². The summed E-state index contributed by atoms with van der Waals surface area (Å²) in [5.41, 5.74) is 4.41. The van der Waals surface area contributed by atoms with Gasteiger partial charge >= 0.3 is 0 Å². The second-order valence-corrected chi connectivity index (χ2v) is 7.34. The normalized spacial score (nSPS) is 10.7. The highest BCUT2D eigenvalue weighted by Crippen LogP contribution is 2.30. The Morgan fingerprint density at radius 3 is 2.61 bits per heavy atom. The summed E-state index contributed by atoms with van der Waals surface area (Å²) < 4.78 is 12.9. The maximum absolute atomic E-state index is 12.2. The predicted octanol–water partition coefficient (Wildman–Crippen LogP) is 4.66. The molecule has 1 amide bonds. The fourth-order valence-electron chi connectivity index (χ4n) is 3.06. The molecule has 0 aliphatic rings. The molecule has 0 atom stereocenters. The van der Waals surface area contributed by atoms with E-state index in [1.807, 2.05) is 5.38 Å². The number of ether oxygens (including phenoxy) is 2. The van der Waals surface area contributed by atoms with E-state index >= 15 is 0 Å². The first-order valence-corrected chi connectivity index (χ1v) is 10.1. The number of nitrogens with zero attached hydrogens (tertiary/aromatic N) is 2. The molecule has 0 aliphatic heterocycles. The van der Waals surface area contributed by atoms with Gasteiger partial charge in [-0.25, -0.2) is 4.98 Å². The minimum Gasteiger partial charge on any atom is -0.497 e. The number of nitrogens with one attached hydrogen (secondary N) is 1. The molecular weight excluding hydrogens is 374 g/mol. The number of rotatable bonds is 8. The van der Waals surface area contributed by atoms with Crippen molar-refractivity contribution in [2.75, 3.05) is 19.0 Å². The van der Waals surface area contributed by atoms with Crippen LogP contribution >= 0.6 is 11.3 Å². The summed E-state index contributed by atoms with van der Waals surface area (Å²) >= 11 is 1.41. The largest absolute Gasteiger partial charge is 0.497 e. The minimum atomic E-state index is -0.242. The van der Waals surface area contributed by atoms with Gasteiger partial charge in [0.2, 0.25) is 0 Å². The first-order valence-electron chi connectivity index (χ1n) is 9.21. The summed E-state index contributed by atoms with van der Waals surface area (Å²) in [7, 11) is 1.60. The van der Waals surface area contributed by atoms with Gasteiger partial charge in [-0.1, -0.05) is 6.92 Å². The van der Waals surface area contributed by atoms with Crippen molar-refractivity contribution in [2.45, 2.75) is 33.7 Å². The van der Waals surface area contributed by atoms with Crippen molar-refractivity contribution in [1.82, 2.24) is 9.55 Å². The zero-order valence-corrected chi connectivity index (χ0v) is 17.4. The molecule has 0 radical (unpaired) electrons. The van der Waals surface area contributed by atoms with E-state index in [-0.39, 0.29) is 12.5 Å². The van der Waals surface area contributed by atoms with Crippen molar-refractivity contribution < 1.29 is 14.3 Å². The highest BCUT2D eigenvalue weighted by atomic mass is 32.1. The van der Waals surface area contributed by atoms with Crippen LogP contribution in [0.3, 0.4) is 0 Å². The molecule has 28 heavy (non-hydrogen) atoms. The average Bonchev–Trinajstić information content (AvgIpc) is 3.26. The van der Waals surface area contributed by atoms with Gasteiger partial charge < -0.3 is 14.0 Å². The van der Waals surface area contributed by atoms with Crippen LogP contribution in [-0.2, 0) is 11.3 Å². The van der Waals surface area contributed by atoms with Crippen LogP contribution < -0.4 is 14.8 Å². The van der Waals surface area contributed by atoms with Crippen molar-refractivity contribution in [3.8, 4) is 22.8 Å². The summed E-state index contributed by atoms with van der Waals surface area (Å²) in [6.07, 6.45) is 1.09. The van der Waals surface area contributed by atoms with Gasteiger partial charge in [-0.05, 0) is 50.6 Å². The van der Waals surface area contributed by atoms with Crippen molar-refractivity contribution in [2.24, 2.45) is 0 Å². The number of amides is 1. The van der Waals surface area contributed by atoms with Gasteiger partial charge in [0, 0.05) is 28.9 Å². The molecule has 0 bridgehead atoms. The Balaban J connectivity index is 1.61. The fourth-order valence-corrected chi connectivity index (χ4v) is 3.79. The zero-order valence-electron chi connectivity index (χ0n) is 16.6. The number of aromatic nitrogens is 2. The molecule has 6 nitrogen and oxygen atoms in total. The van der Waals surface area contributed by atoms with Crippen LogP contribution in [0.15, 0.2) is 35.7 Å². The van der Waals surface area contributed by atoms with Crippen LogP contribution in [0.4, 0.5) is 5.13 Å². The number of hydrogen-bond donors (Lipinski definition) is 1. The van der Waals surface area contributed by atoms with Gasteiger partial charge in [-0.2, -0.15) is 0 Å². The lowest BCUT2D eigenvalue weighted by Crippen LogP contribution is -2.20. The number of methoxy groups -OCH3 is 1. The van der Waals surface area contributed by atoms with Crippen LogP contribution in [0.2, 0.25) is 0 Å². The molecule has 0 aliphatic carbocycles. The molecule has 0 saturated carbocycles. The van der Waals surface area contributed by atoms with Crippen LogP contribution in [0.1, 0.15) is 24.7 Å². The molecule has 0 unspecified atom stereocenters. The summed E-state index contributed by atoms with van der Waals surface area (Å²) in [6, 6.07) is 9.25. The van der Waals surface area contributed by atoms with Gasteiger partial charge in [0.15, 0.2) is 11.7 Å². The van der Waals surface area contributed by atoms with Crippen LogP contribution in [0, 0.1) is 13.8 Å². The number of aryl methyl sites for hydroxylation is 1. The molecule has 1 N–H and O–H groups in total. The third kappa shape index (κ3) is 4.54. The van der Waals surface area contributed by atoms with Gasteiger partial charge in [-0.15, -0.1) is 11.3 Å². The van der Waals surface area contributed by atoms with Crippen molar-refractivity contribution in [1.29, 1.82) is 0 Å². The minimum absolute atomic E-state index is 0.0771. The summed E-state index contributed by atoms with van der Waals surface area (Å²) in [4.78, 5) is 16.7. The predicted molar refractivity (Wildman–Crippen MR) is 112 cm³/mol. The Hall–Kier alpha value is -2.80. The molecule has 3 aromatic rings. The number of anilines is 1. The molecule has 0 fully saturated rings. The highest BCUT2D eigenvalue weighted by Gasteiger charge is 2.14. The average molecular weight is 400 g/mol. The monoisotopic (exact) mass is 399 g/mol.